The molecule has 214 valence electrons. The lowest BCUT2D eigenvalue weighted by molar-refractivity contribution is -0.0126. The Labute approximate surface area is 240 Å². The number of hydrogen-bond acceptors (Lipinski definition) is 7. The van der Waals surface area contributed by atoms with Crippen molar-refractivity contribution in [1.82, 2.24) is 9.78 Å². The molecule has 0 bridgehead atoms. The third kappa shape index (κ3) is 6.02. The maximum absolute atomic E-state index is 13.9. The molecule has 0 N–H and O–H groups in total. The fraction of sp³-hybridized carbons (Fsp3) is 0.303. The first-order chi connectivity index (χ1) is 19.7. The zero-order chi connectivity index (χ0) is 29.7. The third-order valence-electron chi connectivity index (χ3n) is 7.32. The monoisotopic (exact) mass is 556 g/mol. The standard InChI is InChI=1S/C33H36N2O6/c1-8-26-23(5)27(39-18-25-13-10-9-11-14-25)17-20(2)28(26)33(37)41-31-22(4)21(3)29(32(36)40-19-38-7)24(6)30(31)35-16-12-15-34-35/h9-17H,8,18-19H2,1-7H3. The van der Waals surface area contributed by atoms with E-state index in [1.54, 1.807) is 30.1 Å². The Morgan fingerprint density at radius 1 is 0.878 bits per heavy atom. The minimum absolute atomic E-state index is 0.173. The van der Waals surface area contributed by atoms with Gasteiger partial charge in [-0.2, -0.15) is 5.10 Å². The fourth-order valence-electron chi connectivity index (χ4n) is 5.10. The maximum Gasteiger partial charge on any atom is 0.344 e. The van der Waals surface area contributed by atoms with Gasteiger partial charge < -0.3 is 18.9 Å². The lowest BCUT2D eigenvalue weighted by atomic mass is 9.93. The van der Waals surface area contributed by atoms with Crippen molar-refractivity contribution in [1.29, 1.82) is 0 Å². The minimum Gasteiger partial charge on any atom is -0.489 e. The van der Waals surface area contributed by atoms with Gasteiger partial charge in [-0.25, -0.2) is 14.3 Å². The molecule has 0 fully saturated rings. The number of methoxy groups -OCH3 is 1. The Hall–Kier alpha value is -4.43. The fourth-order valence-corrected chi connectivity index (χ4v) is 5.10. The van der Waals surface area contributed by atoms with E-state index in [0.29, 0.717) is 52.3 Å². The van der Waals surface area contributed by atoms with E-state index in [4.69, 9.17) is 18.9 Å². The summed E-state index contributed by atoms with van der Waals surface area (Å²) in [7, 11) is 1.45. The van der Waals surface area contributed by atoms with Crippen molar-refractivity contribution in [2.45, 2.75) is 54.6 Å². The SMILES string of the molecule is CCc1c(C)c(OCc2ccccc2)cc(C)c1C(=O)Oc1c(C)c(C)c(C(=O)OCOC)c(C)c1-n1cccn1. The van der Waals surface area contributed by atoms with Crippen LogP contribution in [0.1, 0.15) is 66.6 Å². The van der Waals surface area contributed by atoms with Gasteiger partial charge >= 0.3 is 11.9 Å². The molecule has 8 nitrogen and oxygen atoms in total. The molecule has 0 amide bonds. The molecule has 4 aromatic rings. The molecule has 0 aliphatic heterocycles. The van der Waals surface area contributed by atoms with Crippen LogP contribution in [-0.2, 0) is 22.5 Å². The second kappa shape index (κ2) is 12.8. The van der Waals surface area contributed by atoms with Gasteiger partial charge in [0.05, 0.1) is 11.1 Å². The highest BCUT2D eigenvalue weighted by Crippen LogP contribution is 2.38. The van der Waals surface area contributed by atoms with Gasteiger partial charge in [-0.15, -0.1) is 0 Å². The predicted octanol–water partition coefficient (Wildman–Crippen LogP) is 6.54. The Bertz CT molecular complexity index is 1560. The van der Waals surface area contributed by atoms with E-state index in [1.807, 2.05) is 71.0 Å². The van der Waals surface area contributed by atoms with Gasteiger partial charge in [-0.1, -0.05) is 37.3 Å². The summed E-state index contributed by atoms with van der Waals surface area (Å²) in [6.45, 7) is 11.5. The number of esters is 2. The molecule has 0 spiro atoms. The second-order valence-corrected chi connectivity index (χ2v) is 9.90. The molecule has 1 heterocycles. The Morgan fingerprint density at radius 2 is 1.61 bits per heavy atom. The van der Waals surface area contributed by atoms with Gasteiger partial charge in [-0.05, 0) is 92.1 Å². The molecule has 8 heteroatoms. The van der Waals surface area contributed by atoms with Gasteiger partial charge in [0.2, 0.25) is 0 Å². The van der Waals surface area contributed by atoms with Crippen LogP contribution in [0.5, 0.6) is 11.5 Å². The summed E-state index contributed by atoms with van der Waals surface area (Å²) < 4.78 is 24.1. The van der Waals surface area contributed by atoms with Crippen molar-refractivity contribution in [3.8, 4) is 17.2 Å². The highest BCUT2D eigenvalue weighted by atomic mass is 16.7. The summed E-state index contributed by atoms with van der Waals surface area (Å²) in [4.78, 5) is 26.9. The van der Waals surface area contributed by atoms with Crippen molar-refractivity contribution in [2.24, 2.45) is 0 Å². The van der Waals surface area contributed by atoms with E-state index in [1.165, 1.54) is 7.11 Å². The van der Waals surface area contributed by atoms with Crippen LogP contribution in [0.25, 0.3) is 5.69 Å². The average molecular weight is 557 g/mol. The summed E-state index contributed by atoms with van der Waals surface area (Å²) >= 11 is 0. The summed E-state index contributed by atoms with van der Waals surface area (Å²) in [6, 6.07) is 13.6. The minimum atomic E-state index is -0.526. The number of carbonyl (C=O) groups excluding carboxylic acids is 2. The number of hydrogen-bond donors (Lipinski definition) is 0. The third-order valence-corrected chi connectivity index (χ3v) is 7.32. The van der Waals surface area contributed by atoms with Crippen molar-refractivity contribution in [2.75, 3.05) is 13.9 Å². The van der Waals surface area contributed by atoms with Gasteiger partial charge in [0.1, 0.15) is 18.0 Å². The largest absolute Gasteiger partial charge is 0.489 e. The Morgan fingerprint density at radius 3 is 2.24 bits per heavy atom. The molecule has 41 heavy (non-hydrogen) atoms. The van der Waals surface area contributed by atoms with Crippen LogP contribution >= 0.6 is 0 Å². The molecule has 1 aromatic heterocycles. The molecular weight excluding hydrogens is 520 g/mol. The van der Waals surface area contributed by atoms with Crippen molar-refractivity contribution in [3.63, 3.8) is 0 Å². The van der Waals surface area contributed by atoms with Crippen molar-refractivity contribution >= 4 is 11.9 Å². The average Bonchev–Trinajstić information content (AvgIpc) is 3.49. The van der Waals surface area contributed by atoms with Crippen LogP contribution in [0.15, 0.2) is 54.9 Å². The van der Waals surface area contributed by atoms with Gasteiger partial charge in [0.15, 0.2) is 12.5 Å². The number of aromatic nitrogens is 2. The maximum atomic E-state index is 13.9. The van der Waals surface area contributed by atoms with E-state index in [-0.39, 0.29) is 6.79 Å². The molecule has 0 aliphatic rings. The molecule has 0 unspecified atom stereocenters. The number of benzene rings is 3. The zero-order valence-electron chi connectivity index (χ0n) is 24.7. The first-order valence-electron chi connectivity index (χ1n) is 13.5. The predicted molar refractivity (Wildman–Crippen MR) is 156 cm³/mol. The van der Waals surface area contributed by atoms with E-state index < -0.39 is 11.9 Å². The van der Waals surface area contributed by atoms with E-state index in [9.17, 15) is 9.59 Å². The summed E-state index contributed by atoms with van der Waals surface area (Å²) in [5, 5.41) is 4.38. The highest BCUT2D eigenvalue weighted by Gasteiger charge is 2.28. The van der Waals surface area contributed by atoms with E-state index in [0.717, 1.165) is 28.0 Å². The van der Waals surface area contributed by atoms with Crippen LogP contribution in [-0.4, -0.2) is 35.6 Å². The molecule has 3 aromatic carbocycles. The van der Waals surface area contributed by atoms with Crippen LogP contribution < -0.4 is 9.47 Å². The van der Waals surface area contributed by atoms with Crippen LogP contribution in [0.2, 0.25) is 0 Å². The second-order valence-electron chi connectivity index (χ2n) is 9.90. The number of rotatable bonds is 10. The number of carbonyl (C=O) groups is 2. The van der Waals surface area contributed by atoms with Crippen molar-refractivity contribution < 1.29 is 28.5 Å². The lowest BCUT2D eigenvalue weighted by Crippen LogP contribution is -2.20. The molecule has 0 saturated heterocycles. The van der Waals surface area contributed by atoms with Crippen LogP contribution in [0.4, 0.5) is 0 Å². The molecule has 0 radical (unpaired) electrons. The quantitative estimate of drug-likeness (QED) is 0.125. The summed E-state index contributed by atoms with van der Waals surface area (Å²) in [5.74, 6) is 0.0587. The molecule has 0 saturated carbocycles. The zero-order valence-corrected chi connectivity index (χ0v) is 24.7. The number of nitrogens with zero attached hydrogens (tertiary/aromatic N) is 2. The first-order valence-corrected chi connectivity index (χ1v) is 13.5. The Balaban J connectivity index is 1.76. The van der Waals surface area contributed by atoms with Gasteiger partial charge in [-0.3, -0.25) is 0 Å². The van der Waals surface area contributed by atoms with Gasteiger partial charge in [0.25, 0.3) is 0 Å². The van der Waals surface area contributed by atoms with Crippen molar-refractivity contribution in [3.05, 3.63) is 105 Å². The Kier molecular flexibility index (Phi) is 9.24. The molecule has 0 atom stereocenters. The van der Waals surface area contributed by atoms with E-state index in [2.05, 4.69) is 5.10 Å². The number of ether oxygens (including phenoxy) is 4. The van der Waals surface area contributed by atoms with Crippen LogP contribution in [0.3, 0.4) is 0 Å². The molecule has 4 rings (SSSR count). The topological polar surface area (TPSA) is 88.9 Å². The summed E-state index contributed by atoms with van der Waals surface area (Å²) in [6.07, 6.45) is 3.98. The normalized spacial score (nSPS) is 10.9. The smallest absolute Gasteiger partial charge is 0.344 e. The van der Waals surface area contributed by atoms with E-state index >= 15 is 0 Å². The highest BCUT2D eigenvalue weighted by molar-refractivity contribution is 5.98. The molecular formula is C33H36N2O6. The number of aryl methyl sites for hydroxylation is 1. The molecule has 0 aliphatic carbocycles. The summed E-state index contributed by atoms with van der Waals surface area (Å²) in [5.41, 5.74) is 6.82. The lowest BCUT2D eigenvalue weighted by Gasteiger charge is -2.22. The first kappa shape index (κ1) is 29.6. The van der Waals surface area contributed by atoms with Gasteiger partial charge in [0, 0.05) is 19.5 Å². The van der Waals surface area contributed by atoms with Crippen LogP contribution in [0, 0.1) is 34.6 Å².